The number of carboxylic acid groups (broad SMARTS) is 1. The van der Waals surface area contributed by atoms with Crippen molar-refractivity contribution in [1.29, 1.82) is 0 Å². The monoisotopic (exact) mass is 311 g/mol. The fourth-order valence-corrected chi connectivity index (χ4v) is 2.19. The van der Waals surface area contributed by atoms with E-state index in [0.717, 1.165) is 0 Å². The summed E-state index contributed by atoms with van der Waals surface area (Å²) >= 11 is 1.21. The SMILES string of the molecule is NC(CCC(=O)OCSc1ncnc2nc[nH]c12)C(=O)O. The van der Waals surface area contributed by atoms with Crippen LogP contribution >= 0.6 is 11.8 Å². The molecule has 0 amide bonds. The van der Waals surface area contributed by atoms with Crippen molar-refractivity contribution in [2.75, 3.05) is 5.94 Å². The Kier molecular flexibility index (Phi) is 5.06. The highest BCUT2D eigenvalue weighted by molar-refractivity contribution is 7.99. The van der Waals surface area contributed by atoms with Gasteiger partial charge in [0.25, 0.3) is 0 Å². The Balaban J connectivity index is 1.78. The molecule has 0 spiro atoms. The van der Waals surface area contributed by atoms with Gasteiger partial charge in [-0.05, 0) is 6.42 Å². The van der Waals surface area contributed by atoms with Crippen LogP contribution < -0.4 is 5.73 Å². The van der Waals surface area contributed by atoms with Crippen LogP contribution in [0.5, 0.6) is 0 Å². The Morgan fingerprint density at radius 2 is 2.24 bits per heavy atom. The number of thioether (sulfide) groups is 1. The molecule has 10 heteroatoms. The predicted octanol–water partition coefficient (Wildman–Crippen LogP) is 0.138. The van der Waals surface area contributed by atoms with Crippen LogP contribution in [0.1, 0.15) is 12.8 Å². The minimum absolute atomic E-state index is 0.0388. The van der Waals surface area contributed by atoms with Crippen LogP contribution in [-0.4, -0.2) is 49.0 Å². The number of ether oxygens (including phenoxy) is 1. The van der Waals surface area contributed by atoms with Gasteiger partial charge in [0.05, 0.1) is 6.33 Å². The summed E-state index contributed by atoms with van der Waals surface area (Å²) in [5, 5.41) is 9.21. The van der Waals surface area contributed by atoms with Gasteiger partial charge in [-0.15, -0.1) is 0 Å². The maximum atomic E-state index is 11.4. The minimum Gasteiger partial charge on any atom is -0.480 e. The molecule has 112 valence electrons. The molecule has 2 heterocycles. The number of rotatable bonds is 7. The van der Waals surface area contributed by atoms with Crippen LogP contribution in [0.15, 0.2) is 17.7 Å². The molecule has 1 atom stereocenters. The Labute approximate surface area is 123 Å². The minimum atomic E-state index is -1.14. The van der Waals surface area contributed by atoms with Crippen molar-refractivity contribution in [3.05, 3.63) is 12.7 Å². The zero-order valence-corrected chi connectivity index (χ0v) is 11.7. The van der Waals surface area contributed by atoms with Crippen molar-refractivity contribution in [3.8, 4) is 0 Å². The van der Waals surface area contributed by atoms with Gasteiger partial charge in [-0.3, -0.25) is 9.59 Å². The maximum Gasteiger partial charge on any atom is 0.320 e. The van der Waals surface area contributed by atoms with Crippen LogP contribution in [0.3, 0.4) is 0 Å². The second-order valence-corrected chi connectivity index (χ2v) is 4.95. The number of aliphatic carboxylic acids is 1. The molecule has 2 aromatic heterocycles. The van der Waals surface area contributed by atoms with E-state index in [1.807, 2.05) is 0 Å². The molecular formula is C11H13N5O4S. The quantitative estimate of drug-likeness (QED) is 0.281. The highest BCUT2D eigenvalue weighted by atomic mass is 32.2. The van der Waals surface area contributed by atoms with Crippen molar-refractivity contribution < 1.29 is 19.4 Å². The second kappa shape index (κ2) is 6.99. The standard InChI is InChI=1S/C11H13N5O4S/c12-6(11(18)19)1-2-7(17)20-5-21-10-8-9(14-3-13-8)15-4-16-10/h3-4,6H,1-2,5,12H2,(H,18,19)(H,13,14,15,16). The van der Waals surface area contributed by atoms with E-state index in [2.05, 4.69) is 19.9 Å². The number of nitrogens with one attached hydrogen (secondary N) is 1. The number of hydrogen-bond acceptors (Lipinski definition) is 8. The first-order chi connectivity index (χ1) is 10.1. The van der Waals surface area contributed by atoms with E-state index >= 15 is 0 Å². The third-order valence-electron chi connectivity index (χ3n) is 2.58. The molecule has 0 aliphatic heterocycles. The third kappa shape index (κ3) is 4.13. The van der Waals surface area contributed by atoms with Crippen LogP contribution in [-0.2, 0) is 14.3 Å². The summed E-state index contributed by atoms with van der Waals surface area (Å²) in [5.74, 6) is -1.58. The molecule has 0 saturated carbocycles. The first-order valence-corrected chi connectivity index (χ1v) is 6.97. The number of fused-ring (bicyclic) bond motifs is 1. The molecule has 0 aromatic carbocycles. The highest BCUT2D eigenvalue weighted by Gasteiger charge is 2.14. The number of aromatic nitrogens is 4. The molecule has 9 nitrogen and oxygen atoms in total. The van der Waals surface area contributed by atoms with Crippen LogP contribution in [0.4, 0.5) is 0 Å². The zero-order valence-electron chi connectivity index (χ0n) is 10.9. The number of nitrogens with two attached hydrogens (primary N) is 1. The molecular weight excluding hydrogens is 298 g/mol. The van der Waals surface area contributed by atoms with Gasteiger partial charge in [-0.2, -0.15) is 0 Å². The van der Waals surface area contributed by atoms with Crippen LogP contribution in [0, 0.1) is 0 Å². The first kappa shape index (κ1) is 15.2. The summed E-state index contributed by atoms with van der Waals surface area (Å²) in [6.45, 7) is 0. The summed E-state index contributed by atoms with van der Waals surface area (Å²) in [4.78, 5) is 36.9. The average Bonchev–Trinajstić information content (AvgIpc) is 2.94. The number of carbonyl (C=O) groups excluding carboxylic acids is 1. The van der Waals surface area contributed by atoms with Crippen molar-refractivity contribution in [1.82, 2.24) is 19.9 Å². The Morgan fingerprint density at radius 1 is 1.43 bits per heavy atom. The lowest BCUT2D eigenvalue weighted by Gasteiger charge is -2.06. The van der Waals surface area contributed by atoms with Gasteiger partial charge in [0.1, 0.15) is 28.9 Å². The molecule has 1 unspecified atom stereocenters. The Morgan fingerprint density at radius 3 is 3.00 bits per heavy atom. The van der Waals surface area contributed by atoms with E-state index in [4.69, 9.17) is 15.6 Å². The normalized spacial score (nSPS) is 12.2. The summed E-state index contributed by atoms with van der Waals surface area (Å²) in [6.07, 6.45) is 2.87. The van der Waals surface area contributed by atoms with Gasteiger partial charge in [0, 0.05) is 6.42 Å². The highest BCUT2D eigenvalue weighted by Crippen LogP contribution is 2.21. The number of imidazole rings is 1. The van der Waals surface area contributed by atoms with E-state index < -0.39 is 18.0 Å². The summed E-state index contributed by atoms with van der Waals surface area (Å²) in [6, 6.07) is -1.06. The number of nitrogens with zero attached hydrogens (tertiary/aromatic N) is 3. The Hall–Kier alpha value is -2.20. The number of esters is 1. The van der Waals surface area contributed by atoms with E-state index in [1.54, 1.807) is 0 Å². The van der Waals surface area contributed by atoms with Crippen LogP contribution in [0.2, 0.25) is 0 Å². The molecule has 0 radical (unpaired) electrons. The Bertz CT molecular complexity index is 646. The molecule has 4 N–H and O–H groups in total. The van der Waals surface area contributed by atoms with Gasteiger partial charge < -0.3 is 20.6 Å². The third-order valence-corrected chi connectivity index (χ3v) is 3.40. The summed E-state index contributed by atoms with van der Waals surface area (Å²) in [5.41, 5.74) is 6.50. The first-order valence-electron chi connectivity index (χ1n) is 5.99. The topological polar surface area (TPSA) is 144 Å². The second-order valence-electron chi connectivity index (χ2n) is 4.04. The molecule has 0 aliphatic rings. The van der Waals surface area contributed by atoms with Gasteiger partial charge in [-0.1, -0.05) is 11.8 Å². The van der Waals surface area contributed by atoms with Gasteiger partial charge in [-0.25, -0.2) is 15.0 Å². The molecule has 0 fully saturated rings. The number of H-pyrrole nitrogens is 1. The fourth-order valence-electron chi connectivity index (χ4n) is 1.47. The van der Waals surface area contributed by atoms with Crippen molar-refractivity contribution in [3.63, 3.8) is 0 Å². The van der Waals surface area contributed by atoms with Gasteiger partial charge in [0.2, 0.25) is 0 Å². The summed E-state index contributed by atoms with van der Waals surface area (Å²) in [7, 11) is 0. The van der Waals surface area contributed by atoms with E-state index in [-0.39, 0.29) is 18.8 Å². The smallest absolute Gasteiger partial charge is 0.320 e. The lowest BCUT2D eigenvalue weighted by molar-refractivity contribution is -0.142. The largest absolute Gasteiger partial charge is 0.480 e. The van der Waals surface area contributed by atoms with Crippen LogP contribution in [0.25, 0.3) is 11.2 Å². The molecule has 21 heavy (non-hydrogen) atoms. The average molecular weight is 311 g/mol. The van der Waals surface area contributed by atoms with Gasteiger partial charge >= 0.3 is 11.9 Å². The van der Waals surface area contributed by atoms with Crippen molar-refractivity contribution in [2.24, 2.45) is 5.73 Å². The molecule has 0 aliphatic carbocycles. The molecule has 0 bridgehead atoms. The van der Waals surface area contributed by atoms with Gasteiger partial charge in [0.15, 0.2) is 5.65 Å². The molecule has 0 saturated heterocycles. The van der Waals surface area contributed by atoms with E-state index in [1.165, 1.54) is 24.4 Å². The van der Waals surface area contributed by atoms with E-state index in [9.17, 15) is 9.59 Å². The maximum absolute atomic E-state index is 11.4. The zero-order chi connectivity index (χ0) is 15.2. The number of carbonyl (C=O) groups is 2. The summed E-state index contributed by atoms with van der Waals surface area (Å²) < 4.78 is 4.98. The van der Waals surface area contributed by atoms with E-state index in [0.29, 0.717) is 16.2 Å². The lowest BCUT2D eigenvalue weighted by Crippen LogP contribution is -2.30. The predicted molar refractivity (Wildman–Crippen MR) is 73.3 cm³/mol. The molecule has 2 aromatic rings. The number of hydrogen-bond donors (Lipinski definition) is 3. The fraction of sp³-hybridized carbons (Fsp3) is 0.364. The number of aromatic amines is 1. The van der Waals surface area contributed by atoms with Crippen molar-refractivity contribution >= 4 is 34.9 Å². The van der Waals surface area contributed by atoms with Crippen molar-refractivity contribution in [2.45, 2.75) is 23.9 Å². The lowest BCUT2D eigenvalue weighted by atomic mass is 10.2. The number of carboxylic acids is 1. The molecule has 2 rings (SSSR count).